The van der Waals surface area contributed by atoms with Crippen molar-refractivity contribution < 1.29 is 9.26 Å². The maximum absolute atomic E-state index is 5.96. The van der Waals surface area contributed by atoms with Crippen LogP contribution in [-0.4, -0.2) is 10.1 Å². The number of hydrogen-bond acceptors (Lipinski definition) is 5. The molecule has 0 spiro atoms. The Morgan fingerprint density at radius 3 is 2.84 bits per heavy atom. The van der Waals surface area contributed by atoms with E-state index in [0.29, 0.717) is 11.7 Å². The molecule has 0 aliphatic rings. The molecule has 1 aromatic carbocycles. The fourth-order valence-electron chi connectivity index (χ4n) is 1.69. The summed E-state index contributed by atoms with van der Waals surface area (Å²) in [6, 6.07) is 9.35. The Hall–Kier alpha value is -1.88. The minimum Gasteiger partial charge on any atom is -0.485 e. The molecule has 1 atom stereocenters. The van der Waals surface area contributed by atoms with E-state index in [9.17, 15) is 0 Å². The van der Waals surface area contributed by atoms with Gasteiger partial charge in [-0.1, -0.05) is 43.1 Å². The van der Waals surface area contributed by atoms with Crippen molar-refractivity contribution in [2.24, 2.45) is 5.73 Å². The molecule has 0 saturated heterocycles. The lowest BCUT2D eigenvalue weighted by Crippen LogP contribution is -2.10. The van der Waals surface area contributed by atoms with E-state index >= 15 is 0 Å². The first-order chi connectivity index (χ1) is 9.29. The first kappa shape index (κ1) is 13.5. The van der Waals surface area contributed by atoms with E-state index in [1.807, 2.05) is 30.3 Å². The van der Waals surface area contributed by atoms with Crippen LogP contribution in [0, 0.1) is 0 Å². The van der Waals surface area contributed by atoms with Crippen LogP contribution in [0.4, 0.5) is 0 Å². The minimum absolute atomic E-state index is 0.182. The van der Waals surface area contributed by atoms with Crippen molar-refractivity contribution in [1.82, 2.24) is 10.1 Å². The summed E-state index contributed by atoms with van der Waals surface area (Å²) in [4.78, 5) is 4.25. The van der Waals surface area contributed by atoms with Crippen molar-refractivity contribution >= 4 is 0 Å². The third kappa shape index (κ3) is 4.06. The molecule has 1 unspecified atom stereocenters. The maximum atomic E-state index is 5.96. The second kappa shape index (κ2) is 6.89. The highest BCUT2D eigenvalue weighted by Gasteiger charge is 2.14. The zero-order valence-corrected chi connectivity index (χ0v) is 11.1. The second-order valence-electron chi connectivity index (χ2n) is 4.40. The highest BCUT2D eigenvalue weighted by molar-refractivity contribution is 5.20. The van der Waals surface area contributed by atoms with Gasteiger partial charge in [-0.05, 0) is 18.6 Å². The smallest absolute Gasteiger partial charge is 0.243 e. The summed E-state index contributed by atoms with van der Waals surface area (Å²) in [5.74, 6) is 1.79. The molecule has 5 nitrogen and oxygen atoms in total. The number of nitrogens with two attached hydrogens (primary N) is 1. The fourth-order valence-corrected chi connectivity index (χ4v) is 1.69. The zero-order valence-electron chi connectivity index (χ0n) is 11.1. The van der Waals surface area contributed by atoms with Crippen molar-refractivity contribution in [1.29, 1.82) is 0 Å². The molecule has 1 heterocycles. The van der Waals surface area contributed by atoms with Gasteiger partial charge < -0.3 is 15.0 Å². The van der Waals surface area contributed by atoms with Gasteiger partial charge in [0.05, 0.1) is 6.04 Å². The van der Waals surface area contributed by atoms with Crippen LogP contribution in [0.15, 0.2) is 34.9 Å². The van der Waals surface area contributed by atoms with Gasteiger partial charge in [0, 0.05) is 0 Å². The molecule has 0 amide bonds. The summed E-state index contributed by atoms with van der Waals surface area (Å²) in [5, 5.41) is 3.87. The van der Waals surface area contributed by atoms with Gasteiger partial charge in [0.1, 0.15) is 5.75 Å². The van der Waals surface area contributed by atoms with Gasteiger partial charge in [-0.2, -0.15) is 4.98 Å². The fraction of sp³-hybridized carbons (Fsp3) is 0.429. The minimum atomic E-state index is -0.182. The Morgan fingerprint density at radius 1 is 1.32 bits per heavy atom. The summed E-state index contributed by atoms with van der Waals surface area (Å²) < 4.78 is 10.7. The van der Waals surface area contributed by atoms with Crippen molar-refractivity contribution in [3.8, 4) is 5.75 Å². The molecule has 0 saturated carbocycles. The molecule has 19 heavy (non-hydrogen) atoms. The lowest BCUT2D eigenvalue weighted by Gasteiger charge is -2.04. The number of rotatable bonds is 7. The number of hydrogen-bond donors (Lipinski definition) is 1. The van der Waals surface area contributed by atoms with E-state index in [-0.39, 0.29) is 12.6 Å². The quantitative estimate of drug-likeness (QED) is 0.829. The Morgan fingerprint density at radius 2 is 2.11 bits per heavy atom. The molecule has 2 rings (SSSR count). The average molecular weight is 261 g/mol. The SMILES string of the molecule is CCCCC(N)c1nc(COc2ccccc2)no1. The van der Waals surface area contributed by atoms with Crippen LogP contribution >= 0.6 is 0 Å². The molecule has 0 radical (unpaired) electrons. The van der Waals surface area contributed by atoms with E-state index in [1.165, 1.54) is 0 Å². The van der Waals surface area contributed by atoms with Gasteiger partial charge in [0.2, 0.25) is 11.7 Å². The van der Waals surface area contributed by atoms with Crippen LogP contribution in [0.25, 0.3) is 0 Å². The van der Waals surface area contributed by atoms with Gasteiger partial charge in [0.15, 0.2) is 6.61 Å². The molecule has 0 fully saturated rings. The first-order valence-electron chi connectivity index (χ1n) is 6.55. The summed E-state index contributed by atoms with van der Waals surface area (Å²) in [7, 11) is 0. The predicted molar refractivity (Wildman–Crippen MR) is 71.5 cm³/mol. The molecule has 0 aliphatic carbocycles. The topological polar surface area (TPSA) is 74.2 Å². The Bertz CT molecular complexity index is 484. The van der Waals surface area contributed by atoms with Crippen molar-refractivity contribution in [3.63, 3.8) is 0 Å². The third-order valence-corrected chi connectivity index (χ3v) is 2.78. The van der Waals surface area contributed by atoms with Gasteiger partial charge in [-0.25, -0.2) is 0 Å². The van der Waals surface area contributed by atoms with Crippen LogP contribution in [0.2, 0.25) is 0 Å². The van der Waals surface area contributed by atoms with E-state index in [1.54, 1.807) is 0 Å². The maximum Gasteiger partial charge on any atom is 0.243 e. The Labute approximate surface area is 112 Å². The van der Waals surface area contributed by atoms with Crippen LogP contribution in [0.1, 0.15) is 43.9 Å². The van der Waals surface area contributed by atoms with E-state index < -0.39 is 0 Å². The zero-order chi connectivity index (χ0) is 13.5. The molecule has 0 bridgehead atoms. The number of ether oxygens (including phenoxy) is 1. The summed E-state index contributed by atoms with van der Waals surface area (Å²) in [6.07, 6.45) is 3.02. The number of benzene rings is 1. The summed E-state index contributed by atoms with van der Waals surface area (Å²) >= 11 is 0. The molecule has 0 aliphatic heterocycles. The van der Waals surface area contributed by atoms with Crippen molar-refractivity contribution in [3.05, 3.63) is 42.0 Å². The molecular formula is C14H19N3O2. The van der Waals surface area contributed by atoms with Gasteiger partial charge in [-0.3, -0.25) is 0 Å². The number of para-hydroxylation sites is 1. The highest BCUT2D eigenvalue weighted by atomic mass is 16.5. The van der Waals surface area contributed by atoms with Crippen molar-refractivity contribution in [2.75, 3.05) is 0 Å². The van der Waals surface area contributed by atoms with Crippen LogP contribution in [0.5, 0.6) is 5.75 Å². The first-order valence-corrected chi connectivity index (χ1v) is 6.55. The molecule has 5 heteroatoms. The van der Waals surface area contributed by atoms with E-state index in [4.69, 9.17) is 15.0 Å². The van der Waals surface area contributed by atoms with Crippen LogP contribution in [0.3, 0.4) is 0 Å². The van der Waals surface area contributed by atoms with Gasteiger partial charge in [0.25, 0.3) is 0 Å². The third-order valence-electron chi connectivity index (χ3n) is 2.78. The normalized spacial score (nSPS) is 12.3. The predicted octanol–water partition coefficient (Wildman–Crippen LogP) is 2.84. The Kier molecular flexibility index (Phi) is 4.92. The lowest BCUT2D eigenvalue weighted by atomic mass is 10.1. The second-order valence-corrected chi connectivity index (χ2v) is 4.40. The standard InChI is InChI=1S/C14H19N3O2/c1-2-3-9-12(15)14-16-13(17-19-14)10-18-11-7-5-4-6-8-11/h4-8,12H,2-3,9-10,15H2,1H3. The van der Waals surface area contributed by atoms with Crippen LogP contribution < -0.4 is 10.5 Å². The summed E-state index contributed by atoms with van der Waals surface area (Å²) in [6.45, 7) is 2.41. The van der Waals surface area contributed by atoms with Crippen LogP contribution in [-0.2, 0) is 6.61 Å². The lowest BCUT2D eigenvalue weighted by molar-refractivity contribution is 0.283. The molecule has 2 N–H and O–H groups in total. The number of aromatic nitrogens is 2. The highest BCUT2D eigenvalue weighted by Crippen LogP contribution is 2.15. The number of unbranched alkanes of at least 4 members (excludes halogenated alkanes) is 1. The molecule has 2 aromatic rings. The largest absolute Gasteiger partial charge is 0.485 e. The van der Waals surface area contributed by atoms with Crippen molar-refractivity contribution in [2.45, 2.75) is 38.8 Å². The Balaban J connectivity index is 1.87. The average Bonchev–Trinajstić information content (AvgIpc) is 2.92. The molecular weight excluding hydrogens is 242 g/mol. The van der Waals surface area contributed by atoms with Gasteiger partial charge in [-0.15, -0.1) is 0 Å². The molecule has 102 valence electrons. The monoisotopic (exact) mass is 261 g/mol. The summed E-state index contributed by atoms with van der Waals surface area (Å²) in [5.41, 5.74) is 5.96. The van der Waals surface area contributed by atoms with Gasteiger partial charge >= 0.3 is 0 Å². The molecule has 1 aromatic heterocycles. The number of nitrogens with zero attached hydrogens (tertiary/aromatic N) is 2. The van der Waals surface area contributed by atoms with E-state index in [0.717, 1.165) is 25.0 Å². The van der Waals surface area contributed by atoms with E-state index in [2.05, 4.69) is 17.1 Å².